The number of benzene rings is 1. The van der Waals surface area contributed by atoms with Gasteiger partial charge in [-0.2, -0.15) is 0 Å². The lowest BCUT2D eigenvalue weighted by Crippen LogP contribution is -2.14. The molecule has 0 N–H and O–H groups in total. The Kier molecular flexibility index (Phi) is 8.07. The van der Waals surface area contributed by atoms with E-state index in [0.717, 1.165) is 5.92 Å². The molecule has 0 saturated heterocycles. The topological polar surface area (TPSA) is 0 Å². The van der Waals surface area contributed by atoms with Crippen LogP contribution in [0.5, 0.6) is 0 Å². The number of hydrogen-bond donors (Lipinski definition) is 0. The molecule has 1 rings (SSSR count). The van der Waals surface area contributed by atoms with E-state index < -0.39 is 0 Å². The Morgan fingerprint density at radius 3 is 1.94 bits per heavy atom. The van der Waals surface area contributed by atoms with Crippen molar-refractivity contribution in [3.63, 3.8) is 0 Å². The molecular weight excluding hydrogens is 232 g/mol. The summed E-state index contributed by atoms with van der Waals surface area (Å²) in [6.45, 7) is 4.60. The van der Waals surface area contributed by atoms with Gasteiger partial charge in [-0.25, -0.2) is 0 Å². The molecule has 0 bridgehead atoms. The van der Waals surface area contributed by atoms with Gasteiger partial charge < -0.3 is 0 Å². The van der Waals surface area contributed by atoms with Gasteiger partial charge in [0.25, 0.3) is 0 Å². The van der Waals surface area contributed by atoms with Crippen LogP contribution >= 0.6 is 0 Å². The van der Waals surface area contributed by atoms with Crippen molar-refractivity contribution in [2.75, 3.05) is 0 Å². The van der Waals surface area contributed by atoms with Crippen LogP contribution in [0.1, 0.15) is 76.7 Å². The molecule has 0 aliphatic heterocycles. The van der Waals surface area contributed by atoms with Gasteiger partial charge in [0.05, 0.1) is 0 Å². The molecule has 1 aromatic rings. The normalized spacial score (nSPS) is 11.3. The Bertz CT molecular complexity index is 309. The SMILES string of the molecule is CCCCCC(CCCCC)c1ccccc1[SiH3]. The minimum atomic E-state index is 0.830. The zero-order valence-corrected chi connectivity index (χ0v) is 14.5. The average molecular weight is 263 g/mol. The van der Waals surface area contributed by atoms with Crippen molar-refractivity contribution in [2.45, 2.75) is 71.1 Å². The maximum absolute atomic E-state index is 2.38. The Morgan fingerprint density at radius 2 is 1.44 bits per heavy atom. The molecule has 0 amide bonds. The van der Waals surface area contributed by atoms with E-state index in [1.807, 2.05) is 0 Å². The predicted molar refractivity (Wildman–Crippen MR) is 87.0 cm³/mol. The summed E-state index contributed by atoms with van der Waals surface area (Å²) in [5.74, 6) is 0.830. The third kappa shape index (κ3) is 5.39. The van der Waals surface area contributed by atoms with Crippen molar-refractivity contribution in [1.29, 1.82) is 0 Å². The van der Waals surface area contributed by atoms with E-state index in [1.54, 1.807) is 10.8 Å². The maximum atomic E-state index is 2.38. The monoisotopic (exact) mass is 262 g/mol. The molecule has 1 heteroatoms. The first kappa shape index (κ1) is 15.5. The highest BCUT2D eigenvalue weighted by Gasteiger charge is 2.12. The number of unbranched alkanes of at least 4 members (excludes halogenated alkanes) is 4. The van der Waals surface area contributed by atoms with Gasteiger partial charge in [-0.05, 0) is 24.3 Å². The van der Waals surface area contributed by atoms with Crippen molar-refractivity contribution in [3.8, 4) is 0 Å². The molecular formula is C17H30Si. The molecule has 0 saturated carbocycles. The largest absolute Gasteiger partial charge is 0.0674 e. The van der Waals surface area contributed by atoms with Gasteiger partial charge in [-0.3, -0.25) is 0 Å². The standard InChI is InChI=1S/C17H30Si/c1-3-5-7-11-15(12-8-6-4-2)16-13-9-10-14-17(16)18/h9-10,13-15H,3-8,11-12H2,1-2,18H3. The number of rotatable bonds is 9. The highest BCUT2D eigenvalue weighted by Crippen LogP contribution is 2.26. The van der Waals surface area contributed by atoms with E-state index in [1.165, 1.54) is 61.6 Å². The fraction of sp³-hybridized carbons (Fsp3) is 0.647. The molecule has 0 unspecified atom stereocenters. The third-order valence-corrected chi connectivity index (χ3v) is 4.85. The molecule has 0 nitrogen and oxygen atoms in total. The summed E-state index contributed by atoms with van der Waals surface area (Å²) in [7, 11) is 1.19. The van der Waals surface area contributed by atoms with Crippen LogP contribution in [-0.2, 0) is 0 Å². The second-order valence-electron chi connectivity index (χ2n) is 5.55. The Morgan fingerprint density at radius 1 is 0.889 bits per heavy atom. The van der Waals surface area contributed by atoms with Gasteiger partial charge in [0, 0.05) is 10.2 Å². The average Bonchev–Trinajstić information content (AvgIpc) is 2.38. The minimum Gasteiger partial charge on any atom is -0.0674 e. The minimum absolute atomic E-state index is 0.830. The molecule has 0 aliphatic carbocycles. The van der Waals surface area contributed by atoms with Crippen LogP contribution in [0.3, 0.4) is 0 Å². The molecule has 0 radical (unpaired) electrons. The second kappa shape index (κ2) is 9.38. The van der Waals surface area contributed by atoms with Gasteiger partial charge in [0.1, 0.15) is 0 Å². The lowest BCUT2D eigenvalue weighted by Gasteiger charge is -2.19. The quantitative estimate of drug-likeness (QED) is 0.467. The molecule has 0 aromatic heterocycles. The van der Waals surface area contributed by atoms with E-state index in [9.17, 15) is 0 Å². The van der Waals surface area contributed by atoms with Gasteiger partial charge in [0.2, 0.25) is 0 Å². The summed E-state index contributed by atoms with van der Waals surface area (Å²) in [6, 6.07) is 9.13. The van der Waals surface area contributed by atoms with Gasteiger partial charge in [0.15, 0.2) is 0 Å². The van der Waals surface area contributed by atoms with E-state index in [2.05, 4.69) is 38.1 Å². The smallest absolute Gasteiger partial charge is 0.0388 e. The van der Waals surface area contributed by atoms with E-state index >= 15 is 0 Å². The Labute approximate surface area is 117 Å². The molecule has 102 valence electrons. The van der Waals surface area contributed by atoms with Crippen LogP contribution < -0.4 is 5.19 Å². The second-order valence-corrected chi connectivity index (χ2v) is 6.62. The fourth-order valence-corrected chi connectivity index (χ4v) is 3.55. The van der Waals surface area contributed by atoms with Crippen molar-refractivity contribution in [3.05, 3.63) is 29.8 Å². The summed E-state index contributed by atoms with van der Waals surface area (Å²) in [6.07, 6.45) is 11.1. The van der Waals surface area contributed by atoms with Crippen LogP contribution in [0.4, 0.5) is 0 Å². The molecule has 0 heterocycles. The molecule has 0 aliphatic rings. The molecule has 1 aromatic carbocycles. The molecule has 0 fully saturated rings. The highest BCUT2D eigenvalue weighted by molar-refractivity contribution is 6.33. The predicted octanol–water partition coefficient (Wildman–Crippen LogP) is 3.92. The van der Waals surface area contributed by atoms with Crippen LogP contribution in [-0.4, -0.2) is 10.2 Å². The van der Waals surface area contributed by atoms with Gasteiger partial charge >= 0.3 is 0 Å². The lowest BCUT2D eigenvalue weighted by molar-refractivity contribution is 0.508. The van der Waals surface area contributed by atoms with Crippen molar-refractivity contribution < 1.29 is 0 Å². The summed E-state index contributed by atoms with van der Waals surface area (Å²) >= 11 is 0. The van der Waals surface area contributed by atoms with Crippen LogP contribution in [0.25, 0.3) is 0 Å². The molecule has 0 spiro atoms. The zero-order valence-electron chi connectivity index (χ0n) is 12.5. The van der Waals surface area contributed by atoms with Crippen molar-refractivity contribution >= 4 is 15.4 Å². The highest BCUT2D eigenvalue weighted by atomic mass is 28.1. The maximum Gasteiger partial charge on any atom is 0.0388 e. The van der Waals surface area contributed by atoms with E-state index in [4.69, 9.17) is 0 Å². The van der Waals surface area contributed by atoms with Gasteiger partial charge in [-0.15, -0.1) is 0 Å². The Balaban J connectivity index is 2.60. The molecule has 0 atom stereocenters. The summed E-state index contributed by atoms with van der Waals surface area (Å²) in [5.41, 5.74) is 1.66. The summed E-state index contributed by atoms with van der Waals surface area (Å²) < 4.78 is 0. The zero-order chi connectivity index (χ0) is 13.2. The van der Waals surface area contributed by atoms with Crippen LogP contribution in [0, 0.1) is 0 Å². The van der Waals surface area contributed by atoms with E-state index in [-0.39, 0.29) is 0 Å². The fourth-order valence-electron chi connectivity index (χ4n) is 2.78. The first-order valence-electron chi connectivity index (χ1n) is 7.85. The third-order valence-electron chi connectivity index (χ3n) is 3.94. The summed E-state index contributed by atoms with van der Waals surface area (Å²) in [4.78, 5) is 0. The first-order valence-corrected chi connectivity index (χ1v) is 8.85. The van der Waals surface area contributed by atoms with Gasteiger partial charge in [-0.1, -0.05) is 81.8 Å². The first-order chi connectivity index (χ1) is 8.79. The van der Waals surface area contributed by atoms with E-state index in [0.29, 0.717) is 0 Å². The Hall–Kier alpha value is -0.563. The van der Waals surface area contributed by atoms with Crippen LogP contribution in [0.2, 0.25) is 0 Å². The van der Waals surface area contributed by atoms with Crippen LogP contribution in [0.15, 0.2) is 24.3 Å². The van der Waals surface area contributed by atoms with Crippen molar-refractivity contribution in [1.82, 2.24) is 0 Å². The molecule has 18 heavy (non-hydrogen) atoms. The summed E-state index contributed by atoms with van der Waals surface area (Å²) in [5, 5.41) is 1.62. The van der Waals surface area contributed by atoms with Crippen molar-refractivity contribution in [2.24, 2.45) is 0 Å². The number of hydrogen-bond acceptors (Lipinski definition) is 0. The lowest BCUT2D eigenvalue weighted by atomic mass is 9.88.